The molecule has 3 aromatic rings. The molecule has 1 aromatic carbocycles. The minimum atomic E-state index is -4.72. The van der Waals surface area contributed by atoms with Crippen LogP contribution in [0.3, 0.4) is 0 Å². The highest BCUT2D eigenvalue weighted by Crippen LogP contribution is 2.42. The number of benzene rings is 1. The number of fused-ring (bicyclic) bond motifs is 1. The Bertz CT molecular complexity index is 963. The summed E-state index contributed by atoms with van der Waals surface area (Å²) >= 11 is 5.59. The van der Waals surface area contributed by atoms with Gasteiger partial charge in [-0.15, -0.1) is 5.10 Å². The lowest BCUT2D eigenvalue weighted by molar-refractivity contribution is -0.135. The van der Waals surface area contributed by atoms with E-state index in [1.165, 1.54) is 28.9 Å². The van der Waals surface area contributed by atoms with Gasteiger partial charge in [0, 0.05) is 17.7 Å². The maximum atomic E-state index is 14.1. The zero-order valence-electron chi connectivity index (χ0n) is 12.7. The fraction of sp³-hybridized carbons (Fsp3) is 0.312. The van der Waals surface area contributed by atoms with Crippen molar-refractivity contribution in [2.45, 2.75) is 25.6 Å². The summed E-state index contributed by atoms with van der Waals surface area (Å²) in [6.45, 7) is 0.532. The molecule has 2 heterocycles. The second-order valence-electron chi connectivity index (χ2n) is 6.04. The van der Waals surface area contributed by atoms with Crippen LogP contribution in [0, 0.1) is 11.9 Å². The van der Waals surface area contributed by atoms with Crippen LogP contribution in [0.2, 0.25) is 5.15 Å². The van der Waals surface area contributed by atoms with E-state index in [0.717, 1.165) is 12.8 Å². The molecule has 0 saturated heterocycles. The van der Waals surface area contributed by atoms with Crippen LogP contribution in [0.4, 0.5) is 17.6 Å². The summed E-state index contributed by atoms with van der Waals surface area (Å²) in [5.41, 5.74) is -1.64. The zero-order valence-corrected chi connectivity index (χ0v) is 13.4. The van der Waals surface area contributed by atoms with Gasteiger partial charge in [-0.05, 0) is 37.0 Å². The van der Waals surface area contributed by atoms with Gasteiger partial charge in [0.1, 0.15) is 10.7 Å². The Morgan fingerprint density at radius 1 is 1.12 bits per heavy atom. The highest BCUT2D eigenvalue weighted by molar-refractivity contribution is 6.29. The normalized spacial score (nSPS) is 15.1. The maximum Gasteiger partial charge on any atom is 0.419 e. The average Bonchev–Trinajstić information content (AvgIpc) is 3.25. The Balaban J connectivity index is 1.95. The lowest BCUT2D eigenvalue weighted by atomic mass is 9.99. The predicted molar refractivity (Wildman–Crippen MR) is 83.5 cm³/mol. The number of aromatic nitrogens is 4. The third kappa shape index (κ3) is 2.95. The minimum absolute atomic E-state index is 0.133. The molecule has 0 N–H and O–H groups in total. The van der Waals surface area contributed by atoms with Gasteiger partial charge in [-0.1, -0.05) is 22.9 Å². The van der Waals surface area contributed by atoms with Crippen LogP contribution in [-0.2, 0) is 12.7 Å². The minimum Gasteiger partial charge on any atom is -0.244 e. The Kier molecular flexibility index (Phi) is 3.68. The predicted octanol–water partition coefficient (Wildman–Crippen LogP) is 4.71. The molecule has 0 atom stereocenters. The molecule has 0 radical (unpaired) electrons. The first-order valence-electron chi connectivity index (χ1n) is 7.60. The SMILES string of the molecule is Fc1nc(Cl)ccc1-c1ccc2c(nnn2CC2CC2)c1C(F)(F)F. The second kappa shape index (κ2) is 5.66. The zero-order chi connectivity index (χ0) is 17.8. The third-order valence-electron chi connectivity index (χ3n) is 4.20. The van der Waals surface area contributed by atoms with Gasteiger partial charge < -0.3 is 0 Å². The van der Waals surface area contributed by atoms with Gasteiger partial charge >= 0.3 is 6.18 Å². The summed E-state index contributed by atoms with van der Waals surface area (Å²) < 4.78 is 56.7. The molecule has 1 fully saturated rings. The number of alkyl halides is 3. The largest absolute Gasteiger partial charge is 0.419 e. The number of nitrogens with zero attached hydrogens (tertiary/aromatic N) is 4. The van der Waals surface area contributed by atoms with Crippen molar-refractivity contribution in [3.05, 3.63) is 40.9 Å². The summed E-state index contributed by atoms with van der Waals surface area (Å²) in [6, 6.07) is 5.13. The van der Waals surface area contributed by atoms with E-state index < -0.39 is 17.7 Å². The molecule has 1 aliphatic carbocycles. The number of hydrogen-bond donors (Lipinski definition) is 0. The van der Waals surface area contributed by atoms with Gasteiger partial charge in [-0.2, -0.15) is 17.6 Å². The van der Waals surface area contributed by atoms with Crippen molar-refractivity contribution in [3.8, 4) is 11.1 Å². The van der Waals surface area contributed by atoms with Crippen molar-refractivity contribution in [2.24, 2.45) is 5.92 Å². The molecule has 4 nitrogen and oxygen atoms in total. The van der Waals surface area contributed by atoms with E-state index in [9.17, 15) is 17.6 Å². The van der Waals surface area contributed by atoms with Crippen LogP contribution in [0.5, 0.6) is 0 Å². The van der Waals surface area contributed by atoms with E-state index >= 15 is 0 Å². The lowest BCUT2D eigenvalue weighted by Gasteiger charge is -2.14. The van der Waals surface area contributed by atoms with Crippen molar-refractivity contribution in [2.75, 3.05) is 0 Å². The monoisotopic (exact) mass is 370 g/mol. The van der Waals surface area contributed by atoms with Crippen molar-refractivity contribution in [1.82, 2.24) is 20.0 Å². The summed E-state index contributed by atoms with van der Waals surface area (Å²) in [4.78, 5) is 3.40. The molecule has 0 amide bonds. The number of pyridine rings is 1. The highest BCUT2D eigenvalue weighted by Gasteiger charge is 2.38. The number of halogens is 5. The van der Waals surface area contributed by atoms with E-state index in [4.69, 9.17) is 11.6 Å². The molecular weight excluding hydrogens is 360 g/mol. The van der Waals surface area contributed by atoms with E-state index in [2.05, 4.69) is 15.3 Å². The summed E-state index contributed by atoms with van der Waals surface area (Å²) in [7, 11) is 0. The van der Waals surface area contributed by atoms with Crippen LogP contribution >= 0.6 is 11.6 Å². The van der Waals surface area contributed by atoms with Crippen LogP contribution in [-0.4, -0.2) is 20.0 Å². The van der Waals surface area contributed by atoms with E-state index in [1.807, 2.05) is 0 Å². The van der Waals surface area contributed by atoms with E-state index in [0.29, 0.717) is 12.5 Å². The molecular formula is C16H11ClF4N4. The summed E-state index contributed by atoms with van der Waals surface area (Å²) in [5.74, 6) is -0.639. The molecule has 0 aliphatic heterocycles. The maximum absolute atomic E-state index is 14.1. The molecule has 25 heavy (non-hydrogen) atoms. The first kappa shape index (κ1) is 16.3. The average molecular weight is 371 g/mol. The number of rotatable bonds is 3. The first-order chi connectivity index (χ1) is 11.8. The van der Waals surface area contributed by atoms with Crippen molar-refractivity contribution < 1.29 is 17.6 Å². The topological polar surface area (TPSA) is 43.6 Å². The van der Waals surface area contributed by atoms with Gasteiger partial charge in [0.25, 0.3) is 0 Å². The van der Waals surface area contributed by atoms with Gasteiger partial charge in [0.05, 0.1) is 11.1 Å². The van der Waals surface area contributed by atoms with Gasteiger partial charge in [-0.25, -0.2) is 9.67 Å². The summed E-state index contributed by atoms with van der Waals surface area (Å²) in [6.07, 6.45) is -2.65. The molecule has 2 aromatic heterocycles. The highest BCUT2D eigenvalue weighted by atomic mass is 35.5. The fourth-order valence-electron chi connectivity index (χ4n) is 2.84. The Labute approximate surface area is 144 Å². The molecule has 4 rings (SSSR count). The van der Waals surface area contributed by atoms with Crippen molar-refractivity contribution >= 4 is 22.6 Å². The lowest BCUT2D eigenvalue weighted by Crippen LogP contribution is -2.09. The van der Waals surface area contributed by atoms with Crippen molar-refractivity contribution in [3.63, 3.8) is 0 Å². The standard InChI is InChI=1S/C16H11ClF4N4/c17-12-6-4-10(15(18)22-12)9-3-5-11-14(13(9)16(19,20)21)23-24-25(11)7-8-1-2-8/h3-6,8H,1-2,7H2. The molecule has 1 saturated carbocycles. The van der Waals surface area contributed by atoms with E-state index in [-0.39, 0.29) is 27.3 Å². The van der Waals surface area contributed by atoms with Gasteiger partial charge in [0.15, 0.2) is 0 Å². The number of hydrogen-bond acceptors (Lipinski definition) is 3. The fourth-order valence-corrected chi connectivity index (χ4v) is 2.98. The summed E-state index contributed by atoms with van der Waals surface area (Å²) in [5, 5.41) is 7.45. The molecule has 1 aliphatic rings. The van der Waals surface area contributed by atoms with Crippen LogP contribution in [0.1, 0.15) is 18.4 Å². The van der Waals surface area contributed by atoms with E-state index in [1.54, 1.807) is 0 Å². The van der Waals surface area contributed by atoms with Crippen LogP contribution in [0.15, 0.2) is 24.3 Å². The third-order valence-corrected chi connectivity index (χ3v) is 4.41. The quantitative estimate of drug-likeness (QED) is 0.495. The van der Waals surface area contributed by atoms with Crippen LogP contribution < -0.4 is 0 Å². The van der Waals surface area contributed by atoms with Gasteiger partial charge in [-0.3, -0.25) is 0 Å². The molecule has 0 bridgehead atoms. The Hall–Kier alpha value is -2.22. The molecule has 9 heteroatoms. The first-order valence-corrected chi connectivity index (χ1v) is 7.98. The van der Waals surface area contributed by atoms with Gasteiger partial charge in [0.2, 0.25) is 5.95 Å². The van der Waals surface area contributed by atoms with Crippen LogP contribution in [0.25, 0.3) is 22.2 Å². The molecule has 0 unspecified atom stereocenters. The van der Waals surface area contributed by atoms with Crippen molar-refractivity contribution in [1.29, 1.82) is 0 Å². The Morgan fingerprint density at radius 3 is 2.48 bits per heavy atom. The Morgan fingerprint density at radius 2 is 1.84 bits per heavy atom. The smallest absolute Gasteiger partial charge is 0.244 e. The second-order valence-corrected chi connectivity index (χ2v) is 6.43. The molecule has 0 spiro atoms. The molecule has 130 valence electrons.